The summed E-state index contributed by atoms with van der Waals surface area (Å²) in [5.74, 6) is 0.0158. The van der Waals surface area contributed by atoms with E-state index in [2.05, 4.69) is 6.92 Å². The van der Waals surface area contributed by atoms with E-state index >= 15 is 0 Å². The highest BCUT2D eigenvalue weighted by Crippen LogP contribution is 2.27. The first-order valence-electron chi connectivity index (χ1n) is 4.05. The number of carbonyl (C=O) groups excluding carboxylic acids is 1. The van der Waals surface area contributed by atoms with Gasteiger partial charge in [0.25, 0.3) is 0 Å². The summed E-state index contributed by atoms with van der Waals surface area (Å²) in [7, 11) is 1.52. The van der Waals surface area contributed by atoms with Crippen LogP contribution in [0.25, 0.3) is 0 Å². The van der Waals surface area contributed by atoms with Gasteiger partial charge in [-0.3, -0.25) is 4.79 Å². The monoisotopic (exact) mass is 212 g/mol. The minimum absolute atomic E-state index is 0.265. The minimum Gasteiger partial charge on any atom is -0.496 e. The molecule has 0 saturated carbocycles. The molecule has 0 heterocycles. The van der Waals surface area contributed by atoms with Crippen molar-refractivity contribution in [2.45, 2.75) is 6.42 Å². The van der Waals surface area contributed by atoms with Gasteiger partial charge in [0.05, 0.1) is 17.7 Å². The van der Waals surface area contributed by atoms with Crippen molar-refractivity contribution in [1.29, 1.82) is 0 Å². The molecule has 0 saturated heterocycles. The van der Waals surface area contributed by atoms with Crippen LogP contribution in [-0.2, 0) is 6.42 Å². The van der Waals surface area contributed by atoms with E-state index in [1.54, 1.807) is 6.07 Å². The number of methoxy groups -OCH3 is 1. The molecule has 3 nitrogen and oxygen atoms in total. The molecule has 0 atom stereocenters. The highest BCUT2D eigenvalue weighted by molar-refractivity contribution is 6.33. The second-order valence-electron chi connectivity index (χ2n) is 2.76. The van der Waals surface area contributed by atoms with Crippen molar-refractivity contribution in [3.05, 3.63) is 35.2 Å². The van der Waals surface area contributed by atoms with Crippen molar-refractivity contribution in [2.24, 2.45) is 5.73 Å². The Hall–Kier alpha value is -1.22. The van der Waals surface area contributed by atoms with Crippen molar-refractivity contribution in [3.63, 3.8) is 0 Å². The van der Waals surface area contributed by atoms with Crippen LogP contribution in [0.2, 0.25) is 5.02 Å². The summed E-state index contributed by atoms with van der Waals surface area (Å²) in [4.78, 5) is 11.0. The van der Waals surface area contributed by atoms with E-state index in [9.17, 15) is 4.79 Å². The summed E-state index contributed by atoms with van der Waals surface area (Å²) in [5, 5.41) is 0.331. The molecule has 75 valence electrons. The Balaban J connectivity index is 3.30. The van der Waals surface area contributed by atoms with E-state index < -0.39 is 5.91 Å². The lowest BCUT2D eigenvalue weighted by Gasteiger charge is -2.09. The van der Waals surface area contributed by atoms with Gasteiger partial charge in [-0.25, -0.2) is 0 Å². The predicted octanol–water partition coefficient (Wildman–Crippen LogP) is 1.82. The van der Waals surface area contributed by atoms with Gasteiger partial charge in [0.1, 0.15) is 5.75 Å². The zero-order chi connectivity index (χ0) is 10.7. The quantitative estimate of drug-likeness (QED) is 0.831. The average molecular weight is 213 g/mol. The number of rotatable bonds is 3. The van der Waals surface area contributed by atoms with Gasteiger partial charge in [0.15, 0.2) is 0 Å². The maximum atomic E-state index is 11.0. The maximum Gasteiger partial charge on any atom is 0.250 e. The second kappa shape index (κ2) is 4.33. The van der Waals surface area contributed by atoms with Crippen LogP contribution in [0.5, 0.6) is 5.75 Å². The Morgan fingerprint density at radius 1 is 1.64 bits per heavy atom. The average Bonchev–Trinajstić information content (AvgIpc) is 2.16. The lowest BCUT2D eigenvalue weighted by Crippen LogP contribution is -2.12. The van der Waals surface area contributed by atoms with Crippen molar-refractivity contribution < 1.29 is 9.53 Å². The molecule has 4 heteroatoms. The Labute approximate surface area is 87.8 Å². The fourth-order valence-corrected chi connectivity index (χ4v) is 1.45. The lowest BCUT2D eigenvalue weighted by atomic mass is 10.1. The summed E-state index contributed by atoms with van der Waals surface area (Å²) < 4.78 is 5.08. The molecule has 0 spiro atoms. The molecule has 1 aromatic rings. The van der Waals surface area contributed by atoms with Crippen molar-refractivity contribution in [2.75, 3.05) is 7.11 Å². The van der Waals surface area contributed by atoms with Gasteiger partial charge in [-0.1, -0.05) is 11.6 Å². The second-order valence-corrected chi connectivity index (χ2v) is 3.17. The van der Waals surface area contributed by atoms with Crippen LogP contribution in [0.3, 0.4) is 0 Å². The number of hydrogen-bond donors (Lipinski definition) is 1. The van der Waals surface area contributed by atoms with Gasteiger partial charge < -0.3 is 10.5 Å². The maximum absolute atomic E-state index is 11.0. The van der Waals surface area contributed by atoms with Crippen molar-refractivity contribution in [3.8, 4) is 5.75 Å². The van der Waals surface area contributed by atoms with Gasteiger partial charge in [0, 0.05) is 0 Å². The number of halogens is 1. The van der Waals surface area contributed by atoms with Gasteiger partial charge in [-0.05, 0) is 31.0 Å². The summed E-state index contributed by atoms with van der Waals surface area (Å²) in [6.45, 7) is 3.73. The Morgan fingerprint density at radius 3 is 2.71 bits per heavy atom. The summed E-state index contributed by atoms with van der Waals surface area (Å²) >= 11 is 5.85. The number of primary amides is 1. The number of benzene rings is 1. The summed E-state index contributed by atoms with van der Waals surface area (Å²) in [5.41, 5.74) is 6.25. The molecule has 2 N–H and O–H groups in total. The highest BCUT2D eigenvalue weighted by atomic mass is 35.5. The van der Waals surface area contributed by atoms with Crippen LogP contribution in [-0.4, -0.2) is 13.0 Å². The van der Waals surface area contributed by atoms with Crippen LogP contribution >= 0.6 is 11.6 Å². The molecule has 0 aliphatic carbocycles. The van der Waals surface area contributed by atoms with Crippen LogP contribution < -0.4 is 10.5 Å². The van der Waals surface area contributed by atoms with Gasteiger partial charge in [0.2, 0.25) is 5.91 Å². The summed E-state index contributed by atoms with van der Waals surface area (Å²) in [6.07, 6.45) is 0.544. The lowest BCUT2D eigenvalue weighted by molar-refractivity contribution is 0.1000. The highest BCUT2D eigenvalue weighted by Gasteiger charge is 2.11. The number of hydrogen-bond acceptors (Lipinski definition) is 2. The van der Waals surface area contributed by atoms with E-state index in [1.165, 1.54) is 13.2 Å². The van der Waals surface area contributed by atoms with Crippen LogP contribution in [0.1, 0.15) is 15.9 Å². The molecule has 0 aliphatic heterocycles. The smallest absolute Gasteiger partial charge is 0.250 e. The SMILES string of the molecule is [CH2]Cc1cc(Cl)c(C(N)=O)cc1OC. The molecule has 0 aromatic heterocycles. The minimum atomic E-state index is -0.566. The van der Waals surface area contributed by atoms with Crippen molar-refractivity contribution in [1.82, 2.24) is 0 Å². The number of ether oxygens (including phenoxy) is 1. The first-order valence-corrected chi connectivity index (χ1v) is 4.43. The van der Waals surface area contributed by atoms with E-state index in [1.807, 2.05) is 0 Å². The van der Waals surface area contributed by atoms with E-state index in [0.29, 0.717) is 17.2 Å². The third-order valence-corrected chi connectivity index (χ3v) is 2.22. The Bertz CT molecular complexity index is 363. The topological polar surface area (TPSA) is 52.3 Å². The number of nitrogens with two attached hydrogens (primary N) is 1. The molecule has 14 heavy (non-hydrogen) atoms. The molecule has 0 fully saturated rings. The van der Waals surface area contributed by atoms with E-state index in [4.69, 9.17) is 22.1 Å². The fraction of sp³-hybridized carbons (Fsp3) is 0.200. The molecule has 0 bridgehead atoms. The van der Waals surface area contributed by atoms with Gasteiger partial charge >= 0.3 is 0 Å². The van der Waals surface area contributed by atoms with Crippen LogP contribution in [0.15, 0.2) is 12.1 Å². The van der Waals surface area contributed by atoms with E-state index in [0.717, 1.165) is 5.56 Å². The fourth-order valence-electron chi connectivity index (χ4n) is 1.17. The summed E-state index contributed by atoms with van der Waals surface area (Å²) in [6, 6.07) is 3.18. The predicted molar refractivity (Wildman–Crippen MR) is 55.6 cm³/mol. The first kappa shape index (κ1) is 10.9. The molecule has 1 rings (SSSR count). The molecular weight excluding hydrogens is 202 g/mol. The van der Waals surface area contributed by atoms with Gasteiger partial charge in [-0.2, -0.15) is 0 Å². The third-order valence-electron chi connectivity index (χ3n) is 1.90. The molecule has 0 unspecified atom stereocenters. The Morgan fingerprint density at radius 2 is 2.29 bits per heavy atom. The largest absolute Gasteiger partial charge is 0.496 e. The zero-order valence-corrected chi connectivity index (χ0v) is 8.60. The molecule has 1 aromatic carbocycles. The molecule has 1 radical (unpaired) electrons. The standard InChI is InChI=1S/C10H11ClNO2/c1-3-6-4-8(11)7(10(12)13)5-9(6)14-2/h4-5H,1,3H2,2H3,(H2,12,13). The first-order chi connectivity index (χ1) is 6.60. The molecule has 0 aliphatic rings. The normalized spacial score (nSPS) is 9.93. The molecular formula is C10H11ClNO2. The van der Waals surface area contributed by atoms with Crippen LogP contribution in [0, 0.1) is 6.92 Å². The van der Waals surface area contributed by atoms with Crippen LogP contribution in [0.4, 0.5) is 0 Å². The number of carbonyl (C=O) groups is 1. The third kappa shape index (κ3) is 1.99. The Kier molecular flexibility index (Phi) is 3.36. The van der Waals surface area contributed by atoms with Crippen molar-refractivity contribution >= 4 is 17.5 Å². The van der Waals surface area contributed by atoms with E-state index in [-0.39, 0.29) is 5.56 Å². The zero-order valence-electron chi connectivity index (χ0n) is 7.84. The number of amides is 1. The molecule has 1 amide bonds. The van der Waals surface area contributed by atoms with Gasteiger partial charge in [-0.15, -0.1) is 0 Å².